The summed E-state index contributed by atoms with van der Waals surface area (Å²) < 4.78 is 26.1. The average molecular weight is 276 g/mol. The van der Waals surface area contributed by atoms with E-state index >= 15 is 0 Å². The van der Waals surface area contributed by atoms with Crippen molar-refractivity contribution < 1.29 is 13.6 Å². The van der Waals surface area contributed by atoms with Crippen LogP contribution in [0.1, 0.15) is 22.8 Å². The van der Waals surface area contributed by atoms with Gasteiger partial charge in [-0.2, -0.15) is 0 Å². The molecule has 20 heavy (non-hydrogen) atoms. The summed E-state index contributed by atoms with van der Waals surface area (Å²) in [5.74, 6) is -2.18. The molecule has 0 bridgehead atoms. The number of carbonyl (C=O) groups is 1. The lowest BCUT2D eigenvalue weighted by Gasteiger charge is -2.09. The Hall–Kier alpha value is -2.43. The molecule has 1 amide bonds. The maximum absolute atomic E-state index is 13.0. The van der Waals surface area contributed by atoms with Crippen LogP contribution in [0.5, 0.6) is 0 Å². The van der Waals surface area contributed by atoms with Crippen LogP contribution in [-0.2, 0) is 6.42 Å². The molecule has 0 aliphatic rings. The van der Waals surface area contributed by atoms with Gasteiger partial charge in [0.25, 0.3) is 5.91 Å². The summed E-state index contributed by atoms with van der Waals surface area (Å²) in [6.07, 6.45) is 0.787. The van der Waals surface area contributed by atoms with Gasteiger partial charge in [-0.15, -0.1) is 0 Å². The highest BCUT2D eigenvalue weighted by atomic mass is 19.1. The number of aryl methyl sites for hydroxylation is 1. The number of halogens is 2. The van der Waals surface area contributed by atoms with Crippen molar-refractivity contribution in [2.75, 3.05) is 11.1 Å². The van der Waals surface area contributed by atoms with Crippen LogP contribution in [0.15, 0.2) is 36.4 Å². The van der Waals surface area contributed by atoms with Gasteiger partial charge in [0.05, 0.1) is 0 Å². The predicted molar refractivity (Wildman–Crippen MR) is 74.5 cm³/mol. The molecule has 0 aliphatic heterocycles. The maximum atomic E-state index is 13.0. The van der Waals surface area contributed by atoms with Crippen LogP contribution in [0.4, 0.5) is 20.2 Å². The Morgan fingerprint density at radius 2 is 1.80 bits per heavy atom. The van der Waals surface area contributed by atoms with Gasteiger partial charge in [0.2, 0.25) is 0 Å². The Morgan fingerprint density at radius 1 is 1.15 bits per heavy atom. The van der Waals surface area contributed by atoms with Crippen molar-refractivity contribution in [3.05, 3.63) is 59.2 Å². The molecule has 0 saturated carbocycles. The van der Waals surface area contributed by atoms with Crippen LogP contribution >= 0.6 is 0 Å². The summed E-state index contributed by atoms with van der Waals surface area (Å²) in [6.45, 7) is 1.97. The fraction of sp³-hybridized carbons (Fsp3) is 0.133. The maximum Gasteiger partial charge on any atom is 0.255 e. The third-order valence-corrected chi connectivity index (χ3v) is 2.91. The van der Waals surface area contributed by atoms with Crippen LogP contribution < -0.4 is 11.1 Å². The van der Waals surface area contributed by atoms with Crippen molar-refractivity contribution in [1.29, 1.82) is 0 Å². The quantitative estimate of drug-likeness (QED) is 0.844. The summed E-state index contributed by atoms with van der Waals surface area (Å²) in [6, 6.07) is 7.78. The van der Waals surface area contributed by atoms with E-state index in [9.17, 15) is 13.6 Å². The lowest BCUT2D eigenvalue weighted by Crippen LogP contribution is -2.13. The fourth-order valence-corrected chi connectivity index (χ4v) is 1.88. The highest BCUT2D eigenvalue weighted by Gasteiger charge is 2.10. The largest absolute Gasteiger partial charge is 0.398 e. The molecule has 2 aromatic rings. The lowest BCUT2D eigenvalue weighted by molar-refractivity contribution is 0.102. The van der Waals surface area contributed by atoms with Gasteiger partial charge in [-0.3, -0.25) is 4.79 Å². The van der Waals surface area contributed by atoms with Gasteiger partial charge in [0.1, 0.15) is 11.6 Å². The van der Waals surface area contributed by atoms with E-state index in [0.717, 1.165) is 24.1 Å². The van der Waals surface area contributed by atoms with E-state index < -0.39 is 17.5 Å². The van der Waals surface area contributed by atoms with E-state index in [2.05, 4.69) is 5.32 Å². The second kappa shape index (κ2) is 5.69. The van der Waals surface area contributed by atoms with Gasteiger partial charge in [0.15, 0.2) is 0 Å². The Morgan fingerprint density at radius 3 is 2.35 bits per heavy atom. The number of hydrogen-bond acceptors (Lipinski definition) is 2. The number of nitrogens with two attached hydrogens (primary N) is 1. The monoisotopic (exact) mass is 276 g/mol. The predicted octanol–water partition coefficient (Wildman–Crippen LogP) is 3.36. The van der Waals surface area contributed by atoms with E-state index in [-0.39, 0.29) is 5.56 Å². The Kier molecular flexibility index (Phi) is 3.98. The molecule has 5 heteroatoms. The van der Waals surface area contributed by atoms with Crippen molar-refractivity contribution in [3.8, 4) is 0 Å². The second-order valence-corrected chi connectivity index (χ2v) is 4.38. The number of rotatable bonds is 3. The molecule has 0 fully saturated rings. The zero-order chi connectivity index (χ0) is 14.7. The molecule has 0 atom stereocenters. The molecule has 0 unspecified atom stereocenters. The topological polar surface area (TPSA) is 55.1 Å². The number of nitrogen functional groups attached to an aromatic ring is 1. The molecule has 0 aromatic heterocycles. The third-order valence-electron chi connectivity index (χ3n) is 2.91. The minimum atomic E-state index is -0.795. The van der Waals surface area contributed by atoms with Gasteiger partial charge in [-0.25, -0.2) is 8.78 Å². The summed E-state index contributed by atoms with van der Waals surface area (Å²) in [5, 5.41) is 2.55. The van der Waals surface area contributed by atoms with E-state index in [1.54, 1.807) is 18.2 Å². The van der Waals surface area contributed by atoms with Crippen LogP contribution in [-0.4, -0.2) is 5.91 Å². The van der Waals surface area contributed by atoms with E-state index in [0.29, 0.717) is 17.4 Å². The standard InChI is InChI=1S/C15H14F2N2O/c1-2-9-3-4-13(8-14(9)18)19-15(20)10-5-11(16)7-12(17)6-10/h3-8H,2,18H2,1H3,(H,19,20). The molecule has 2 rings (SSSR count). The molecule has 0 aliphatic carbocycles. The molecule has 3 nitrogen and oxygen atoms in total. The van der Waals surface area contributed by atoms with Crippen LogP contribution in [0.2, 0.25) is 0 Å². The van der Waals surface area contributed by atoms with E-state index in [4.69, 9.17) is 5.73 Å². The number of carbonyl (C=O) groups excluding carboxylic acids is 1. The lowest BCUT2D eigenvalue weighted by atomic mass is 10.1. The van der Waals surface area contributed by atoms with Crippen LogP contribution in [0.25, 0.3) is 0 Å². The molecule has 0 radical (unpaired) electrons. The van der Waals surface area contributed by atoms with E-state index in [1.807, 2.05) is 6.92 Å². The van der Waals surface area contributed by atoms with Crippen LogP contribution in [0, 0.1) is 11.6 Å². The normalized spacial score (nSPS) is 10.3. The molecule has 104 valence electrons. The van der Waals surface area contributed by atoms with Gasteiger partial charge >= 0.3 is 0 Å². The third kappa shape index (κ3) is 3.12. The molecule has 3 N–H and O–H groups in total. The number of hydrogen-bond donors (Lipinski definition) is 2. The number of benzene rings is 2. The van der Waals surface area contributed by atoms with E-state index in [1.165, 1.54) is 0 Å². The zero-order valence-electron chi connectivity index (χ0n) is 10.9. The smallest absolute Gasteiger partial charge is 0.255 e. The van der Waals surface area contributed by atoms with Gasteiger partial charge in [-0.1, -0.05) is 13.0 Å². The minimum absolute atomic E-state index is 0.0827. The molecule has 2 aromatic carbocycles. The number of amides is 1. The second-order valence-electron chi connectivity index (χ2n) is 4.38. The minimum Gasteiger partial charge on any atom is -0.398 e. The molecular weight excluding hydrogens is 262 g/mol. The molecule has 0 heterocycles. The van der Waals surface area contributed by atoms with Crippen molar-refractivity contribution in [3.63, 3.8) is 0 Å². The Balaban J connectivity index is 2.21. The highest BCUT2D eigenvalue weighted by Crippen LogP contribution is 2.19. The molecular formula is C15H14F2N2O. The molecule has 0 spiro atoms. The summed E-state index contributed by atoms with van der Waals surface area (Å²) in [4.78, 5) is 11.9. The van der Waals surface area contributed by atoms with Crippen molar-refractivity contribution in [1.82, 2.24) is 0 Å². The number of anilines is 2. The molecule has 0 saturated heterocycles. The van der Waals surface area contributed by atoms with Crippen LogP contribution in [0.3, 0.4) is 0 Å². The van der Waals surface area contributed by atoms with Gasteiger partial charge in [0, 0.05) is 23.0 Å². The fourth-order valence-electron chi connectivity index (χ4n) is 1.88. The Labute approximate surface area is 115 Å². The van der Waals surface area contributed by atoms with Crippen molar-refractivity contribution in [2.45, 2.75) is 13.3 Å². The van der Waals surface area contributed by atoms with Crippen molar-refractivity contribution >= 4 is 17.3 Å². The Bertz CT molecular complexity index is 636. The first-order valence-corrected chi connectivity index (χ1v) is 6.15. The summed E-state index contributed by atoms with van der Waals surface area (Å²) in [7, 11) is 0. The first kappa shape index (κ1) is 14.0. The van der Waals surface area contributed by atoms with Gasteiger partial charge in [-0.05, 0) is 36.2 Å². The first-order chi connectivity index (χ1) is 9.49. The average Bonchev–Trinajstić information content (AvgIpc) is 2.37. The zero-order valence-corrected chi connectivity index (χ0v) is 10.9. The summed E-state index contributed by atoms with van der Waals surface area (Å²) >= 11 is 0. The SMILES string of the molecule is CCc1ccc(NC(=O)c2cc(F)cc(F)c2)cc1N. The highest BCUT2D eigenvalue weighted by molar-refractivity contribution is 6.04. The van der Waals surface area contributed by atoms with Gasteiger partial charge < -0.3 is 11.1 Å². The number of nitrogens with one attached hydrogen (secondary N) is 1. The first-order valence-electron chi connectivity index (χ1n) is 6.15. The summed E-state index contributed by atoms with van der Waals surface area (Å²) in [5.41, 5.74) is 7.76. The van der Waals surface area contributed by atoms with Crippen molar-refractivity contribution in [2.24, 2.45) is 0 Å².